The van der Waals surface area contributed by atoms with Crippen LogP contribution in [0.15, 0.2) is 42.7 Å². The van der Waals surface area contributed by atoms with E-state index in [1.807, 2.05) is 0 Å². The number of aromatic carboxylic acids is 1. The van der Waals surface area contributed by atoms with Crippen molar-refractivity contribution in [3.8, 4) is 0 Å². The van der Waals surface area contributed by atoms with Crippen LogP contribution in [0.1, 0.15) is 35.2 Å². The molecule has 0 amide bonds. The minimum Gasteiger partial charge on any atom is -0.478 e. The molecule has 6 heteroatoms. The van der Waals surface area contributed by atoms with E-state index in [2.05, 4.69) is 40.3 Å². The second-order valence-corrected chi connectivity index (χ2v) is 6.90. The van der Waals surface area contributed by atoms with Crippen LogP contribution in [0.4, 0.5) is 0 Å². The molecule has 1 aliphatic rings. The van der Waals surface area contributed by atoms with Crippen molar-refractivity contribution in [2.75, 3.05) is 26.3 Å². The summed E-state index contributed by atoms with van der Waals surface area (Å²) in [6.07, 6.45) is 6.47. The first-order valence-corrected chi connectivity index (χ1v) is 9.30. The quantitative estimate of drug-likeness (QED) is 0.699. The fraction of sp³-hybridized carbons (Fsp3) is 0.500. The molecule has 2 heterocycles. The van der Waals surface area contributed by atoms with Crippen molar-refractivity contribution >= 4 is 5.97 Å². The maximum Gasteiger partial charge on any atom is 0.338 e. The van der Waals surface area contributed by atoms with Crippen molar-refractivity contribution in [3.05, 3.63) is 53.9 Å². The van der Waals surface area contributed by atoms with E-state index in [0.717, 1.165) is 38.6 Å². The summed E-state index contributed by atoms with van der Waals surface area (Å²) in [6, 6.07) is 10.7. The normalized spacial score (nSPS) is 16.0. The zero-order valence-electron chi connectivity index (χ0n) is 15.1. The number of carbonyl (C=O) groups is 1. The van der Waals surface area contributed by atoms with Crippen LogP contribution in [0.3, 0.4) is 0 Å². The Morgan fingerprint density at radius 1 is 1.19 bits per heavy atom. The molecule has 0 bridgehead atoms. The van der Waals surface area contributed by atoms with Gasteiger partial charge in [0.2, 0.25) is 0 Å². The van der Waals surface area contributed by atoms with Gasteiger partial charge in [0.15, 0.2) is 0 Å². The van der Waals surface area contributed by atoms with E-state index < -0.39 is 5.97 Å². The molecule has 1 fully saturated rings. The summed E-state index contributed by atoms with van der Waals surface area (Å²) in [4.78, 5) is 13.3. The van der Waals surface area contributed by atoms with E-state index >= 15 is 0 Å². The topological polar surface area (TPSA) is 67.6 Å². The van der Waals surface area contributed by atoms with Crippen LogP contribution in [0.2, 0.25) is 0 Å². The number of nitrogens with zero attached hydrogens (tertiary/aromatic N) is 3. The fourth-order valence-corrected chi connectivity index (χ4v) is 3.38. The Hall–Kier alpha value is -2.18. The molecule has 0 atom stereocenters. The van der Waals surface area contributed by atoms with Gasteiger partial charge in [-0.2, -0.15) is 5.10 Å². The van der Waals surface area contributed by atoms with E-state index in [1.54, 1.807) is 4.68 Å². The summed E-state index contributed by atoms with van der Waals surface area (Å²) in [5, 5.41) is 12.9. The molecule has 26 heavy (non-hydrogen) atoms. The summed E-state index contributed by atoms with van der Waals surface area (Å²) in [5.41, 5.74) is 1.60. The van der Waals surface area contributed by atoms with Crippen LogP contribution >= 0.6 is 0 Å². The lowest BCUT2D eigenvalue weighted by atomic mass is 9.93. The summed E-state index contributed by atoms with van der Waals surface area (Å²) < 4.78 is 7.33. The van der Waals surface area contributed by atoms with Gasteiger partial charge in [0.05, 0.1) is 24.9 Å². The van der Waals surface area contributed by atoms with Crippen molar-refractivity contribution in [1.82, 2.24) is 14.7 Å². The molecule has 140 valence electrons. The zero-order valence-corrected chi connectivity index (χ0v) is 15.1. The average Bonchev–Trinajstić information content (AvgIpc) is 3.13. The Morgan fingerprint density at radius 3 is 2.65 bits per heavy atom. The third-order valence-corrected chi connectivity index (χ3v) is 4.97. The first-order valence-electron chi connectivity index (χ1n) is 9.30. The van der Waals surface area contributed by atoms with Gasteiger partial charge in [-0.05, 0) is 43.8 Å². The van der Waals surface area contributed by atoms with Gasteiger partial charge in [-0.25, -0.2) is 4.79 Å². The Labute approximate surface area is 154 Å². The molecule has 1 aliphatic heterocycles. The highest BCUT2D eigenvalue weighted by molar-refractivity contribution is 5.86. The van der Waals surface area contributed by atoms with E-state index in [9.17, 15) is 4.79 Å². The van der Waals surface area contributed by atoms with Gasteiger partial charge in [0, 0.05) is 19.3 Å². The van der Waals surface area contributed by atoms with Crippen LogP contribution < -0.4 is 0 Å². The number of rotatable bonds is 9. The molecular formula is C20H27N3O3. The molecule has 1 N–H and O–H groups in total. The van der Waals surface area contributed by atoms with Gasteiger partial charge < -0.3 is 9.84 Å². The molecule has 3 rings (SSSR count). The third-order valence-electron chi connectivity index (χ3n) is 4.97. The first-order chi connectivity index (χ1) is 12.7. The standard InChI is InChI=1S/C20H27N3O3/c24-20(25)19-14-21-23(16-19)11-13-26-12-8-17-6-9-22(10-7-17)15-18-4-2-1-3-5-18/h1-5,14,16-17H,6-13,15H2,(H,24,25). The number of piperidine rings is 1. The Kier molecular flexibility index (Phi) is 6.80. The third kappa shape index (κ3) is 5.68. The molecule has 2 aromatic rings. The number of aromatic nitrogens is 2. The molecule has 1 aromatic carbocycles. The summed E-state index contributed by atoms with van der Waals surface area (Å²) in [7, 11) is 0. The van der Waals surface area contributed by atoms with E-state index in [1.165, 1.54) is 30.8 Å². The Bertz CT molecular complexity index is 679. The smallest absolute Gasteiger partial charge is 0.338 e. The second kappa shape index (κ2) is 9.50. The minimum absolute atomic E-state index is 0.215. The minimum atomic E-state index is -0.948. The highest BCUT2D eigenvalue weighted by Gasteiger charge is 2.19. The van der Waals surface area contributed by atoms with E-state index in [-0.39, 0.29) is 5.56 Å². The number of ether oxygens (including phenoxy) is 1. The molecule has 0 radical (unpaired) electrons. The number of hydrogen-bond donors (Lipinski definition) is 1. The summed E-state index contributed by atoms with van der Waals surface area (Å²) >= 11 is 0. The number of benzene rings is 1. The molecule has 1 saturated heterocycles. The number of carboxylic acids is 1. The monoisotopic (exact) mass is 357 g/mol. The zero-order chi connectivity index (χ0) is 18.2. The first kappa shape index (κ1) is 18.6. The van der Waals surface area contributed by atoms with Crippen molar-refractivity contribution < 1.29 is 14.6 Å². The van der Waals surface area contributed by atoms with Gasteiger partial charge in [0.25, 0.3) is 0 Å². The summed E-state index contributed by atoms with van der Waals surface area (Å²) in [5.74, 6) is -0.207. The number of hydrogen-bond acceptors (Lipinski definition) is 4. The van der Waals surface area contributed by atoms with Gasteiger partial charge in [-0.15, -0.1) is 0 Å². The Balaban J connectivity index is 1.26. The highest BCUT2D eigenvalue weighted by atomic mass is 16.5. The van der Waals surface area contributed by atoms with Gasteiger partial charge >= 0.3 is 5.97 Å². The van der Waals surface area contributed by atoms with Gasteiger partial charge in [-0.1, -0.05) is 30.3 Å². The molecule has 0 unspecified atom stereocenters. The molecule has 0 spiro atoms. The lowest BCUT2D eigenvalue weighted by Crippen LogP contribution is -2.33. The van der Waals surface area contributed by atoms with Crippen LogP contribution in [0.5, 0.6) is 0 Å². The SMILES string of the molecule is O=C(O)c1cnn(CCOCCC2CCN(Cc3ccccc3)CC2)c1. The molecule has 0 saturated carbocycles. The highest BCUT2D eigenvalue weighted by Crippen LogP contribution is 2.21. The maximum atomic E-state index is 10.8. The second-order valence-electron chi connectivity index (χ2n) is 6.90. The van der Waals surface area contributed by atoms with Crippen molar-refractivity contribution in [2.24, 2.45) is 5.92 Å². The number of carboxylic acid groups (broad SMARTS) is 1. The fourth-order valence-electron chi connectivity index (χ4n) is 3.38. The largest absolute Gasteiger partial charge is 0.478 e. The lowest BCUT2D eigenvalue weighted by Gasteiger charge is -2.32. The van der Waals surface area contributed by atoms with E-state index in [4.69, 9.17) is 9.84 Å². The summed E-state index contributed by atoms with van der Waals surface area (Å²) in [6.45, 7) is 5.27. The molecule has 0 aliphatic carbocycles. The predicted octanol–water partition coefficient (Wildman–Crippen LogP) is 2.90. The maximum absolute atomic E-state index is 10.8. The average molecular weight is 357 g/mol. The molecule has 6 nitrogen and oxygen atoms in total. The van der Waals surface area contributed by atoms with E-state index in [0.29, 0.717) is 13.2 Å². The van der Waals surface area contributed by atoms with Crippen molar-refractivity contribution in [1.29, 1.82) is 0 Å². The van der Waals surface area contributed by atoms with Crippen molar-refractivity contribution in [3.63, 3.8) is 0 Å². The van der Waals surface area contributed by atoms with Crippen molar-refractivity contribution in [2.45, 2.75) is 32.4 Å². The van der Waals surface area contributed by atoms with Crippen LogP contribution in [0, 0.1) is 5.92 Å². The predicted molar refractivity (Wildman–Crippen MR) is 99.1 cm³/mol. The van der Waals surface area contributed by atoms with Gasteiger partial charge in [-0.3, -0.25) is 9.58 Å². The van der Waals surface area contributed by atoms with Crippen LogP contribution in [0.25, 0.3) is 0 Å². The molecular weight excluding hydrogens is 330 g/mol. The molecule has 1 aromatic heterocycles. The lowest BCUT2D eigenvalue weighted by molar-refractivity contribution is 0.0696. The van der Waals surface area contributed by atoms with Gasteiger partial charge in [0.1, 0.15) is 0 Å². The Morgan fingerprint density at radius 2 is 1.96 bits per heavy atom. The number of likely N-dealkylation sites (tertiary alicyclic amines) is 1. The van der Waals surface area contributed by atoms with Crippen LogP contribution in [-0.4, -0.2) is 52.1 Å². The van der Waals surface area contributed by atoms with Crippen LogP contribution in [-0.2, 0) is 17.8 Å².